The molecule has 0 aliphatic heterocycles. The van der Waals surface area contributed by atoms with E-state index in [4.69, 9.17) is 5.73 Å². The van der Waals surface area contributed by atoms with Gasteiger partial charge in [0, 0.05) is 6.54 Å². The molecule has 0 aliphatic rings. The molecule has 3 aromatic carbocycles. The topological polar surface area (TPSA) is 75.9 Å². The molecule has 0 fully saturated rings. The van der Waals surface area contributed by atoms with Crippen LogP contribution in [0, 0.1) is 5.82 Å². The van der Waals surface area contributed by atoms with Gasteiger partial charge in [0.05, 0.1) is 6.04 Å². The standard InChI is InChI=1S/C24H22FN5/c25-20-13-11-17(12-14-20)15-27-23-21(26)24(29-16-28-23)30-22(18-7-3-1-4-8-18)19-9-5-2-6-10-19/h1-14,16,22H,15,26H2,(H2,27,28,29,30). The maximum absolute atomic E-state index is 13.1. The fourth-order valence-electron chi connectivity index (χ4n) is 3.23. The Morgan fingerprint density at radius 3 is 1.93 bits per heavy atom. The zero-order valence-electron chi connectivity index (χ0n) is 16.3. The maximum Gasteiger partial charge on any atom is 0.155 e. The number of benzene rings is 3. The average molecular weight is 399 g/mol. The van der Waals surface area contributed by atoms with Crippen LogP contribution in [-0.4, -0.2) is 9.97 Å². The lowest BCUT2D eigenvalue weighted by atomic mass is 9.99. The summed E-state index contributed by atoms with van der Waals surface area (Å²) in [6, 6.07) is 26.4. The van der Waals surface area contributed by atoms with E-state index in [9.17, 15) is 4.39 Å². The average Bonchev–Trinajstić information content (AvgIpc) is 2.80. The van der Waals surface area contributed by atoms with Gasteiger partial charge in [0.1, 0.15) is 17.8 Å². The van der Waals surface area contributed by atoms with E-state index >= 15 is 0 Å². The van der Waals surface area contributed by atoms with Crippen molar-refractivity contribution in [3.63, 3.8) is 0 Å². The molecule has 4 rings (SSSR count). The van der Waals surface area contributed by atoms with Crippen molar-refractivity contribution in [1.82, 2.24) is 9.97 Å². The van der Waals surface area contributed by atoms with Crippen LogP contribution in [-0.2, 0) is 6.54 Å². The van der Waals surface area contributed by atoms with E-state index in [0.717, 1.165) is 16.7 Å². The van der Waals surface area contributed by atoms with Crippen LogP contribution in [0.15, 0.2) is 91.3 Å². The van der Waals surface area contributed by atoms with Crippen molar-refractivity contribution in [2.45, 2.75) is 12.6 Å². The molecular formula is C24H22FN5. The predicted molar refractivity (Wildman–Crippen MR) is 119 cm³/mol. The lowest BCUT2D eigenvalue weighted by molar-refractivity contribution is 0.627. The summed E-state index contributed by atoms with van der Waals surface area (Å²) < 4.78 is 13.1. The first-order chi connectivity index (χ1) is 14.7. The molecule has 0 spiro atoms. The van der Waals surface area contributed by atoms with Crippen LogP contribution in [0.5, 0.6) is 0 Å². The van der Waals surface area contributed by atoms with E-state index in [-0.39, 0.29) is 11.9 Å². The third-order valence-electron chi connectivity index (χ3n) is 4.80. The second kappa shape index (κ2) is 9.05. The maximum atomic E-state index is 13.1. The molecule has 6 heteroatoms. The minimum absolute atomic E-state index is 0.116. The molecule has 0 aliphatic carbocycles. The van der Waals surface area contributed by atoms with Crippen LogP contribution in [0.4, 0.5) is 21.7 Å². The third-order valence-corrected chi connectivity index (χ3v) is 4.80. The highest BCUT2D eigenvalue weighted by molar-refractivity contribution is 5.74. The van der Waals surface area contributed by atoms with Gasteiger partial charge < -0.3 is 16.4 Å². The minimum Gasteiger partial charge on any atom is -0.393 e. The fraction of sp³-hybridized carbons (Fsp3) is 0.0833. The summed E-state index contributed by atoms with van der Waals surface area (Å²) in [5.41, 5.74) is 9.92. The molecule has 0 radical (unpaired) electrons. The number of halogens is 1. The number of nitrogen functional groups attached to an aromatic ring is 1. The molecule has 1 aromatic heterocycles. The minimum atomic E-state index is -0.264. The zero-order valence-corrected chi connectivity index (χ0v) is 16.3. The van der Waals surface area contributed by atoms with Crippen molar-refractivity contribution in [2.24, 2.45) is 0 Å². The van der Waals surface area contributed by atoms with Crippen LogP contribution in [0.3, 0.4) is 0 Å². The molecule has 4 aromatic rings. The Bertz CT molecular complexity index is 1050. The summed E-state index contributed by atoms with van der Waals surface area (Å²) in [5, 5.41) is 6.66. The molecule has 4 N–H and O–H groups in total. The van der Waals surface area contributed by atoms with E-state index in [1.165, 1.54) is 18.5 Å². The van der Waals surface area contributed by atoms with Crippen molar-refractivity contribution in [1.29, 1.82) is 0 Å². The molecule has 30 heavy (non-hydrogen) atoms. The Balaban J connectivity index is 1.58. The number of anilines is 3. The van der Waals surface area contributed by atoms with Gasteiger partial charge in [0.25, 0.3) is 0 Å². The van der Waals surface area contributed by atoms with E-state index in [0.29, 0.717) is 23.9 Å². The molecule has 5 nitrogen and oxygen atoms in total. The smallest absolute Gasteiger partial charge is 0.155 e. The van der Waals surface area contributed by atoms with E-state index in [1.807, 2.05) is 36.4 Å². The van der Waals surface area contributed by atoms with Crippen LogP contribution in [0.2, 0.25) is 0 Å². The van der Waals surface area contributed by atoms with Gasteiger partial charge in [-0.05, 0) is 28.8 Å². The third kappa shape index (κ3) is 4.55. The normalized spacial score (nSPS) is 10.7. The quantitative estimate of drug-likeness (QED) is 0.407. The summed E-state index contributed by atoms with van der Waals surface area (Å²) in [7, 11) is 0. The predicted octanol–water partition coefficient (Wildman–Crippen LogP) is 5.01. The second-order valence-electron chi connectivity index (χ2n) is 6.86. The van der Waals surface area contributed by atoms with Crippen LogP contribution < -0.4 is 16.4 Å². The molecule has 1 heterocycles. The van der Waals surface area contributed by atoms with Crippen LogP contribution in [0.25, 0.3) is 0 Å². The zero-order chi connectivity index (χ0) is 20.8. The van der Waals surface area contributed by atoms with Gasteiger partial charge in [-0.25, -0.2) is 14.4 Å². The first-order valence-electron chi connectivity index (χ1n) is 9.66. The first kappa shape index (κ1) is 19.4. The summed E-state index contributed by atoms with van der Waals surface area (Å²) >= 11 is 0. The van der Waals surface area contributed by atoms with Crippen molar-refractivity contribution in [3.05, 3.63) is 114 Å². The Kier molecular flexibility index (Phi) is 5.85. The number of rotatable bonds is 7. The Labute approximate surface area is 174 Å². The Hall–Kier alpha value is -3.93. The summed E-state index contributed by atoms with van der Waals surface area (Å²) in [4.78, 5) is 8.62. The number of nitrogens with zero attached hydrogens (tertiary/aromatic N) is 2. The number of hydrogen-bond acceptors (Lipinski definition) is 5. The van der Waals surface area contributed by atoms with Crippen molar-refractivity contribution >= 4 is 17.3 Å². The first-order valence-corrected chi connectivity index (χ1v) is 9.66. The number of nitrogens with two attached hydrogens (primary N) is 1. The van der Waals surface area contributed by atoms with Crippen LogP contribution in [0.1, 0.15) is 22.7 Å². The lowest BCUT2D eigenvalue weighted by Crippen LogP contribution is -2.16. The van der Waals surface area contributed by atoms with Gasteiger partial charge in [-0.1, -0.05) is 72.8 Å². The van der Waals surface area contributed by atoms with Crippen molar-refractivity contribution in [2.75, 3.05) is 16.4 Å². The highest BCUT2D eigenvalue weighted by Gasteiger charge is 2.17. The molecule has 150 valence electrons. The van der Waals surface area contributed by atoms with Gasteiger partial charge in [-0.2, -0.15) is 0 Å². The monoisotopic (exact) mass is 399 g/mol. The Morgan fingerprint density at radius 1 is 0.767 bits per heavy atom. The van der Waals surface area contributed by atoms with Crippen LogP contribution >= 0.6 is 0 Å². The highest BCUT2D eigenvalue weighted by atomic mass is 19.1. The van der Waals surface area contributed by atoms with E-state index in [2.05, 4.69) is 44.9 Å². The second-order valence-corrected chi connectivity index (χ2v) is 6.86. The molecular weight excluding hydrogens is 377 g/mol. The number of aromatic nitrogens is 2. The summed E-state index contributed by atoms with van der Waals surface area (Å²) in [5.74, 6) is 0.806. The van der Waals surface area contributed by atoms with E-state index in [1.54, 1.807) is 12.1 Å². The Morgan fingerprint density at radius 2 is 1.33 bits per heavy atom. The summed E-state index contributed by atoms with van der Waals surface area (Å²) in [6.45, 7) is 0.474. The van der Waals surface area contributed by atoms with Gasteiger partial charge in [-0.3, -0.25) is 0 Å². The number of hydrogen-bond donors (Lipinski definition) is 3. The fourth-order valence-corrected chi connectivity index (χ4v) is 3.23. The molecule has 0 amide bonds. The van der Waals surface area contributed by atoms with Gasteiger partial charge in [0.2, 0.25) is 0 Å². The van der Waals surface area contributed by atoms with Gasteiger partial charge in [0.15, 0.2) is 11.6 Å². The summed E-state index contributed by atoms with van der Waals surface area (Å²) in [6.07, 6.45) is 1.47. The molecule has 0 saturated carbocycles. The highest BCUT2D eigenvalue weighted by Crippen LogP contribution is 2.30. The van der Waals surface area contributed by atoms with E-state index < -0.39 is 0 Å². The van der Waals surface area contributed by atoms with Gasteiger partial charge >= 0.3 is 0 Å². The van der Waals surface area contributed by atoms with Gasteiger partial charge in [-0.15, -0.1) is 0 Å². The van der Waals surface area contributed by atoms with Crippen molar-refractivity contribution < 1.29 is 4.39 Å². The molecule has 0 bridgehead atoms. The molecule has 0 atom stereocenters. The number of nitrogens with one attached hydrogen (secondary N) is 2. The largest absolute Gasteiger partial charge is 0.393 e. The van der Waals surface area contributed by atoms with Crippen molar-refractivity contribution in [3.8, 4) is 0 Å². The molecule has 0 unspecified atom stereocenters. The molecule has 0 saturated heterocycles. The lowest BCUT2D eigenvalue weighted by Gasteiger charge is -2.22. The SMILES string of the molecule is Nc1c(NCc2ccc(F)cc2)ncnc1NC(c1ccccc1)c1ccccc1.